The molecule has 5 heterocycles. The zero-order valence-electron chi connectivity index (χ0n) is 27.4. The highest BCUT2D eigenvalue weighted by atomic mass is 32.2. The van der Waals surface area contributed by atoms with Crippen molar-refractivity contribution in [2.24, 2.45) is 17.3 Å². The summed E-state index contributed by atoms with van der Waals surface area (Å²) in [6, 6.07) is 1.76. The van der Waals surface area contributed by atoms with Gasteiger partial charge in [-0.3, -0.25) is 29.8 Å². The minimum absolute atomic E-state index is 0.0163. The molecule has 46 heavy (non-hydrogen) atoms. The Hall–Kier alpha value is -1.13. The molecular weight excluding hydrogens is 619 g/mol. The number of aliphatic hydroxyl groups excluding tert-OH is 2. The van der Waals surface area contributed by atoms with Gasteiger partial charge in [-0.05, 0) is 96.9 Å². The molecule has 4 aliphatic heterocycles. The van der Waals surface area contributed by atoms with Gasteiger partial charge in [0.15, 0.2) is 0 Å². The largest absolute Gasteiger partial charge is 0.477 e. The van der Waals surface area contributed by atoms with E-state index in [-0.39, 0.29) is 61.9 Å². The van der Waals surface area contributed by atoms with Gasteiger partial charge < -0.3 is 14.9 Å². The minimum atomic E-state index is -4.17. The van der Waals surface area contributed by atoms with Crippen LogP contribution in [0.5, 0.6) is 5.88 Å². The van der Waals surface area contributed by atoms with Crippen molar-refractivity contribution in [1.82, 2.24) is 34.9 Å². The molecule has 0 amide bonds. The first-order valence-electron chi connectivity index (χ1n) is 17.4. The van der Waals surface area contributed by atoms with Crippen LogP contribution in [0.2, 0.25) is 0 Å². The summed E-state index contributed by atoms with van der Waals surface area (Å²) in [7, 11) is 0. The highest BCUT2D eigenvalue weighted by Crippen LogP contribution is 2.59. The van der Waals surface area contributed by atoms with Crippen LogP contribution < -0.4 is 20.1 Å². The number of halogens is 3. The normalized spacial score (nSPS) is 35.8. The van der Waals surface area contributed by atoms with Crippen LogP contribution in [-0.2, 0) is 0 Å². The van der Waals surface area contributed by atoms with Gasteiger partial charge in [-0.25, -0.2) is 0 Å². The lowest BCUT2D eigenvalue weighted by Crippen LogP contribution is -2.60. The second kappa shape index (κ2) is 14.4. The van der Waals surface area contributed by atoms with Crippen molar-refractivity contribution in [3.63, 3.8) is 0 Å². The first kappa shape index (κ1) is 34.7. The molecule has 6 rings (SSSR count). The zero-order chi connectivity index (χ0) is 32.5. The average molecular weight is 674 g/mol. The number of nitrogens with zero attached hydrogens (tertiary/aromatic N) is 4. The number of aromatic nitrogens is 2. The molecule has 4 bridgehead atoms. The number of alkyl halides is 3. The van der Waals surface area contributed by atoms with E-state index in [0.717, 1.165) is 71.0 Å². The number of rotatable bonds is 8. The molecule has 4 saturated heterocycles. The predicted molar refractivity (Wildman–Crippen MR) is 172 cm³/mol. The predicted octanol–water partition coefficient (Wildman–Crippen LogP) is 4.03. The molecule has 5 aliphatic rings. The van der Waals surface area contributed by atoms with Crippen molar-refractivity contribution in [1.29, 1.82) is 0 Å². The summed E-state index contributed by atoms with van der Waals surface area (Å²) >= 11 is 1.77. The molecule has 1 aliphatic carbocycles. The fourth-order valence-corrected chi connectivity index (χ4v) is 9.38. The second-order valence-corrected chi connectivity index (χ2v) is 16.1. The molecule has 8 atom stereocenters. The highest BCUT2D eigenvalue weighted by molar-refractivity contribution is 7.98. The maximum absolute atomic E-state index is 13.3. The van der Waals surface area contributed by atoms with Crippen LogP contribution in [0.15, 0.2) is 12.3 Å². The Kier molecular flexibility index (Phi) is 10.9. The minimum Gasteiger partial charge on any atom is -0.477 e. The topological polar surface area (TPSA) is 110 Å². The molecule has 5 N–H and O–H groups in total. The van der Waals surface area contributed by atoms with Crippen LogP contribution in [0, 0.1) is 17.3 Å². The number of fused-ring (bicyclic) bond motifs is 6. The van der Waals surface area contributed by atoms with Crippen molar-refractivity contribution in [3.05, 3.63) is 12.3 Å². The monoisotopic (exact) mass is 673 g/mol. The van der Waals surface area contributed by atoms with Crippen LogP contribution in [0.1, 0.15) is 90.6 Å². The Morgan fingerprint density at radius 1 is 1.11 bits per heavy atom. The number of hydrogen-bond donors (Lipinski definition) is 5. The smallest absolute Gasteiger partial charge is 0.394 e. The van der Waals surface area contributed by atoms with Gasteiger partial charge >= 0.3 is 6.18 Å². The summed E-state index contributed by atoms with van der Waals surface area (Å²) in [5.74, 6) is 1.34. The number of nitrogens with one attached hydrogen (secondary N) is 3. The number of β-amino-alcohol motifs (C(OH)–C–C–N with tert-alkyl or cyclic N) is 1. The molecule has 1 saturated carbocycles. The highest BCUT2D eigenvalue weighted by Gasteiger charge is 2.62. The van der Waals surface area contributed by atoms with E-state index in [2.05, 4.69) is 44.1 Å². The van der Waals surface area contributed by atoms with E-state index in [9.17, 15) is 23.4 Å². The van der Waals surface area contributed by atoms with Crippen LogP contribution in [0.4, 0.5) is 13.2 Å². The maximum Gasteiger partial charge on any atom is 0.394 e. The van der Waals surface area contributed by atoms with E-state index in [4.69, 9.17) is 4.74 Å². The Labute approximate surface area is 275 Å². The van der Waals surface area contributed by atoms with E-state index in [1.165, 1.54) is 0 Å². The van der Waals surface area contributed by atoms with Crippen LogP contribution in [-0.4, -0.2) is 105 Å². The average Bonchev–Trinajstić information content (AvgIpc) is 3.57. The van der Waals surface area contributed by atoms with Crippen LogP contribution >= 0.6 is 11.9 Å². The lowest BCUT2D eigenvalue weighted by molar-refractivity contribution is -0.190. The first-order chi connectivity index (χ1) is 22.0. The molecule has 10 nitrogen and oxygen atoms in total. The lowest BCUT2D eigenvalue weighted by atomic mass is 9.90. The van der Waals surface area contributed by atoms with Crippen LogP contribution in [0.25, 0.3) is 0 Å². The summed E-state index contributed by atoms with van der Waals surface area (Å²) in [6.07, 6.45) is 6.11. The van der Waals surface area contributed by atoms with Gasteiger partial charge in [0.25, 0.3) is 0 Å². The van der Waals surface area contributed by atoms with Crippen molar-refractivity contribution in [2.45, 2.75) is 126 Å². The summed E-state index contributed by atoms with van der Waals surface area (Å²) in [4.78, 5) is 5.01. The SMILES string of the molecule is CC1(C)C[C@@H]2CCCN(CC(O)CO)C3CCCC(N3)SNCC3CCC(n4ccc(OCCC5(C(F)(F)F)CC5)n4)NC3N1C2. The molecule has 1 aromatic rings. The summed E-state index contributed by atoms with van der Waals surface area (Å²) in [5.41, 5.74) is -1.54. The third-order valence-corrected chi connectivity index (χ3v) is 12.2. The van der Waals surface area contributed by atoms with E-state index in [1.54, 1.807) is 18.0 Å². The van der Waals surface area contributed by atoms with E-state index in [1.807, 2.05) is 10.9 Å². The number of piperidine rings is 2. The zero-order valence-corrected chi connectivity index (χ0v) is 28.2. The van der Waals surface area contributed by atoms with Crippen molar-refractivity contribution in [2.75, 3.05) is 39.4 Å². The Morgan fingerprint density at radius 2 is 1.93 bits per heavy atom. The van der Waals surface area contributed by atoms with Gasteiger partial charge in [0.2, 0.25) is 5.88 Å². The second-order valence-electron chi connectivity index (χ2n) is 15.1. The standard InChI is InChI=1S/C32H54F3N7O3S/c1-30(2)17-22-5-4-14-40(20-24(44)21-43)25-6-3-7-28(37-25)46-36-18-23-8-9-26(38-29(23)41(30)19-22)42-15-10-27(39-42)45-16-13-31(11-12-31)32(33,34)35/h10,15,22-26,28-29,36-38,43-44H,3-9,11-14,16-21H2,1-2H3/t22-,23?,24?,25?,26?,28?,29?/m0/s1. The summed E-state index contributed by atoms with van der Waals surface area (Å²) < 4.78 is 51.3. The summed E-state index contributed by atoms with van der Waals surface area (Å²) in [5, 5.41) is 32.5. The Morgan fingerprint density at radius 3 is 2.70 bits per heavy atom. The van der Waals surface area contributed by atoms with Crippen molar-refractivity contribution in [3.8, 4) is 5.88 Å². The van der Waals surface area contributed by atoms with Gasteiger partial charge in [-0.15, -0.1) is 5.10 Å². The fourth-order valence-electron chi connectivity index (χ4n) is 8.36. The Bertz CT molecular complexity index is 1140. The fraction of sp³-hybridized carbons (Fsp3) is 0.906. The van der Waals surface area contributed by atoms with E-state index < -0.39 is 17.7 Å². The molecule has 0 radical (unpaired) electrons. The van der Waals surface area contributed by atoms with Gasteiger partial charge in [-0.2, -0.15) is 13.2 Å². The van der Waals surface area contributed by atoms with Gasteiger partial charge in [0.1, 0.15) is 6.17 Å². The number of hydrogen-bond acceptors (Lipinski definition) is 10. The van der Waals surface area contributed by atoms with Crippen LogP contribution in [0.3, 0.4) is 0 Å². The molecule has 7 unspecified atom stereocenters. The van der Waals surface area contributed by atoms with Gasteiger partial charge in [0, 0.05) is 43.4 Å². The number of aliphatic hydroxyl groups is 2. The third kappa shape index (κ3) is 8.01. The molecule has 0 spiro atoms. The molecule has 5 fully saturated rings. The number of ether oxygens (including phenoxy) is 1. The van der Waals surface area contributed by atoms with Gasteiger partial charge in [0.05, 0.1) is 42.4 Å². The van der Waals surface area contributed by atoms with Crippen molar-refractivity contribution >= 4 is 11.9 Å². The Balaban J connectivity index is 1.12. The molecular formula is C32H54F3N7O3S. The lowest BCUT2D eigenvalue weighted by Gasteiger charge is -2.47. The van der Waals surface area contributed by atoms with E-state index in [0.29, 0.717) is 24.3 Å². The van der Waals surface area contributed by atoms with Gasteiger partial charge in [-0.1, -0.05) is 11.9 Å². The molecule has 14 heteroatoms. The molecule has 1 aromatic heterocycles. The van der Waals surface area contributed by atoms with Crippen molar-refractivity contribution < 1.29 is 28.1 Å². The first-order valence-corrected chi connectivity index (χ1v) is 18.3. The maximum atomic E-state index is 13.3. The third-order valence-electron chi connectivity index (χ3n) is 11.2. The summed E-state index contributed by atoms with van der Waals surface area (Å²) in [6.45, 7) is 7.76. The quantitative estimate of drug-likeness (QED) is 0.260. The molecule has 0 aromatic carbocycles. The van der Waals surface area contributed by atoms with E-state index >= 15 is 0 Å². The molecule has 262 valence electrons.